The molecular weight excluding hydrogens is 280 g/mol. The summed E-state index contributed by atoms with van der Waals surface area (Å²) in [5.74, 6) is -0.112. The van der Waals surface area contributed by atoms with Crippen LogP contribution in [0.3, 0.4) is 0 Å². The van der Waals surface area contributed by atoms with Crippen LogP contribution in [-0.4, -0.2) is 62.4 Å². The van der Waals surface area contributed by atoms with Gasteiger partial charge in [0.25, 0.3) is 0 Å². The lowest BCUT2D eigenvalue weighted by Crippen LogP contribution is -2.32. The number of hydrogen-bond donors (Lipinski definition) is 1. The fourth-order valence-electron chi connectivity index (χ4n) is 3.18. The summed E-state index contributed by atoms with van der Waals surface area (Å²) >= 11 is 0. The van der Waals surface area contributed by atoms with Crippen molar-refractivity contribution < 1.29 is 14.3 Å². The number of nitrogens with one attached hydrogen (secondary N) is 1. The van der Waals surface area contributed by atoms with E-state index in [0.717, 1.165) is 51.8 Å². The van der Waals surface area contributed by atoms with E-state index in [-0.39, 0.29) is 18.1 Å². The van der Waals surface area contributed by atoms with Gasteiger partial charge in [-0.25, -0.2) is 0 Å². The first-order valence-corrected chi connectivity index (χ1v) is 9.03. The Morgan fingerprint density at radius 3 is 2.77 bits per heavy atom. The van der Waals surface area contributed by atoms with E-state index in [4.69, 9.17) is 9.47 Å². The van der Waals surface area contributed by atoms with Crippen LogP contribution in [0.5, 0.6) is 0 Å². The summed E-state index contributed by atoms with van der Waals surface area (Å²) in [4.78, 5) is 14.4. The Labute approximate surface area is 134 Å². The third kappa shape index (κ3) is 6.23. The number of carbonyl (C=O) groups is 1. The second kappa shape index (κ2) is 10.2. The highest BCUT2D eigenvalue weighted by molar-refractivity contribution is 5.76. The molecule has 22 heavy (non-hydrogen) atoms. The molecule has 0 saturated carbocycles. The molecule has 0 bridgehead atoms. The highest BCUT2D eigenvalue weighted by atomic mass is 16.5. The molecule has 0 aromatic heterocycles. The number of likely N-dealkylation sites (tertiary alicyclic amines) is 1. The second-order valence-corrected chi connectivity index (χ2v) is 6.47. The van der Waals surface area contributed by atoms with Crippen LogP contribution < -0.4 is 5.32 Å². The predicted molar refractivity (Wildman–Crippen MR) is 86.9 cm³/mol. The maximum Gasteiger partial charge on any atom is 0.323 e. The van der Waals surface area contributed by atoms with Crippen molar-refractivity contribution in [3.8, 4) is 0 Å². The molecular formula is C17H32N2O3. The lowest BCUT2D eigenvalue weighted by Gasteiger charge is -2.16. The van der Waals surface area contributed by atoms with Gasteiger partial charge in [-0.3, -0.25) is 4.79 Å². The van der Waals surface area contributed by atoms with E-state index < -0.39 is 0 Å². The molecule has 2 fully saturated rings. The minimum absolute atomic E-state index is 0.112. The van der Waals surface area contributed by atoms with Gasteiger partial charge in [0.15, 0.2) is 0 Å². The summed E-state index contributed by atoms with van der Waals surface area (Å²) < 4.78 is 11.2. The van der Waals surface area contributed by atoms with Gasteiger partial charge < -0.3 is 19.7 Å². The summed E-state index contributed by atoms with van der Waals surface area (Å²) in [6.07, 6.45) is 7.91. The number of rotatable bonds is 10. The highest BCUT2D eigenvalue weighted by Crippen LogP contribution is 2.13. The molecule has 128 valence electrons. The molecule has 1 N–H and O–H groups in total. The van der Waals surface area contributed by atoms with Crippen LogP contribution in [0, 0.1) is 0 Å². The fourth-order valence-corrected chi connectivity index (χ4v) is 3.18. The number of hydrogen-bond acceptors (Lipinski definition) is 5. The lowest BCUT2D eigenvalue weighted by atomic mass is 10.2. The lowest BCUT2D eigenvalue weighted by molar-refractivity contribution is -0.146. The number of nitrogens with zero attached hydrogens (tertiary/aromatic N) is 1. The Morgan fingerprint density at radius 1 is 1.18 bits per heavy atom. The third-order valence-electron chi connectivity index (χ3n) is 4.54. The normalized spacial score (nSPS) is 25.7. The number of esters is 1. The number of ether oxygens (including phenoxy) is 2. The van der Waals surface area contributed by atoms with Crippen LogP contribution in [0.15, 0.2) is 0 Å². The van der Waals surface area contributed by atoms with Gasteiger partial charge in [0, 0.05) is 26.1 Å². The summed E-state index contributed by atoms with van der Waals surface area (Å²) in [5, 5.41) is 3.22. The molecule has 2 rings (SSSR count). The van der Waals surface area contributed by atoms with Crippen molar-refractivity contribution in [2.24, 2.45) is 0 Å². The van der Waals surface area contributed by atoms with Gasteiger partial charge in [-0.15, -0.1) is 0 Å². The topological polar surface area (TPSA) is 50.8 Å². The van der Waals surface area contributed by atoms with E-state index >= 15 is 0 Å². The molecule has 0 radical (unpaired) electrons. The smallest absolute Gasteiger partial charge is 0.323 e. The molecule has 2 unspecified atom stereocenters. The fraction of sp³-hybridized carbons (Fsp3) is 0.941. The summed E-state index contributed by atoms with van der Waals surface area (Å²) in [6, 6.07) is -0.176. The van der Waals surface area contributed by atoms with Gasteiger partial charge >= 0.3 is 5.97 Å². The first-order valence-electron chi connectivity index (χ1n) is 9.03. The molecule has 0 aromatic rings. The maximum atomic E-state index is 11.9. The average molecular weight is 312 g/mol. The zero-order valence-electron chi connectivity index (χ0n) is 14.0. The summed E-state index contributed by atoms with van der Waals surface area (Å²) in [6.45, 7) is 7.88. The van der Waals surface area contributed by atoms with Gasteiger partial charge in [0.2, 0.25) is 0 Å². The van der Waals surface area contributed by atoms with Gasteiger partial charge in [-0.05, 0) is 38.8 Å². The second-order valence-electron chi connectivity index (χ2n) is 6.47. The molecule has 5 nitrogen and oxygen atoms in total. The van der Waals surface area contributed by atoms with Crippen molar-refractivity contribution >= 4 is 5.97 Å². The van der Waals surface area contributed by atoms with Gasteiger partial charge in [-0.1, -0.05) is 19.8 Å². The first-order chi connectivity index (χ1) is 10.8. The van der Waals surface area contributed by atoms with E-state index in [1.807, 2.05) is 0 Å². The standard InChI is InChI=1S/C17H32N2O3/c1-2-3-6-11-22-17(20)16-13-15(14-18-16)21-12-7-10-19-8-4-5-9-19/h15-16,18H,2-14H2,1H3. The molecule has 0 amide bonds. The van der Waals surface area contributed by atoms with Crippen molar-refractivity contribution in [1.82, 2.24) is 10.2 Å². The van der Waals surface area contributed by atoms with E-state index in [1.54, 1.807) is 0 Å². The Balaban J connectivity index is 1.50. The van der Waals surface area contributed by atoms with Crippen LogP contribution in [0.1, 0.15) is 51.9 Å². The van der Waals surface area contributed by atoms with Crippen molar-refractivity contribution in [1.29, 1.82) is 0 Å². The Kier molecular flexibility index (Phi) is 8.20. The van der Waals surface area contributed by atoms with Crippen molar-refractivity contribution in [2.75, 3.05) is 39.4 Å². The zero-order valence-corrected chi connectivity index (χ0v) is 14.0. The Hall–Kier alpha value is -0.650. The van der Waals surface area contributed by atoms with Crippen molar-refractivity contribution in [3.63, 3.8) is 0 Å². The minimum atomic E-state index is -0.176. The largest absolute Gasteiger partial charge is 0.465 e. The summed E-state index contributed by atoms with van der Waals surface area (Å²) in [7, 11) is 0. The van der Waals surface area contributed by atoms with Crippen LogP contribution in [0.2, 0.25) is 0 Å². The zero-order chi connectivity index (χ0) is 15.6. The van der Waals surface area contributed by atoms with E-state index in [1.165, 1.54) is 25.9 Å². The molecule has 2 aliphatic heterocycles. The number of carbonyl (C=O) groups excluding carboxylic acids is 1. The quantitative estimate of drug-likeness (QED) is 0.493. The summed E-state index contributed by atoms with van der Waals surface area (Å²) in [5.41, 5.74) is 0. The van der Waals surface area contributed by atoms with Crippen molar-refractivity contribution in [3.05, 3.63) is 0 Å². The van der Waals surface area contributed by atoms with Crippen LogP contribution in [-0.2, 0) is 14.3 Å². The van der Waals surface area contributed by atoms with Gasteiger partial charge in [0.1, 0.15) is 6.04 Å². The Bertz CT molecular complexity index is 319. The van der Waals surface area contributed by atoms with Crippen LogP contribution in [0.4, 0.5) is 0 Å². The SMILES string of the molecule is CCCCCOC(=O)C1CC(OCCCN2CCCC2)CN1. The van der Waals surface area contributed by atoms with Gasteiger partial charge in [0.05, 0.1) is 12.7 Å². The van der Waals surface area contributed by atoms with E-state index in [9.17, 15) is 4.79 Å². The van der Waals surface area contributed by atoms with Crippen molar-refractivity contribution in [2.45, 2.75) is 64.0 Å². The molecule has 2 atom stereocenters. The van der Waals surface area contributed by atoms with Crippen LogP contribution >= 0.6 is 0 Å². The molecule has 2 aliphatic rings. The Morgan fingerprint density at radius 2 is 2.00 bits per heavy atom. The maximum absolute atomic E-state index is 11.9. The van der Waals surface area contributed by atoms with E-state index in [0.29, 0.717) is 6.61 Å². The van der Waals surface area contributed by atoms with Crippen LogP contribution in [0.25, 0.3) is 0 Å². The first kappa shape index (κ1) is 17.7. The third-order valence-corrected chi connectivity index (χ3v) is 4.54. The average Bonchev–Trinajstić information content (AvgIpc) is 3.19. The minimum Gasteiger partial charge on any atom is -0.465 e. The van der Waals surface area contributed by atoms with E-state index in [2.05, 4.69) is 17.1 Å². The molecule has 2 saturated heterocycles. The monoisotopic (exact) mass is 312 g/mol. The molecule has 5 heteroatoms. The highest BCUT2D eigenvalue weighted by Gasteiger charge is 2.30. The number of unbranched alkanes of at least 4 members (excludes halogenated alkanes) is 2. The predicted octanol–water partition coefficient (Wildman–Crippen LogP) is 1.95. The molecule has 0 aromatic carbocycles. The molecule has 0 aliphatic carbocycles. The molecule has 2 heterocycles. The van der Waals surface area contributed by atoms with Gasteiger partial charge in [-0.2, -0.15) is 0 Å². The molecule has 0 spiro atoms.